The average molecular weight is 167 g/mol. The second kappa shape index (κ2) is 2.45. The Balaban J connectivity index is 2.63. The molecule has 2 rings (SSSR count). The van der Waals surface area contributed by atoms with E-state index in [0.29, 0.717) is 5.56 Å². The summed E-state index contributed by atoms with van der Waals surface area (Å²) >= 11 is 0. The lowest BCUT2D eigenvalue weighted by atomic mass is 10.1. The first-order valence-corrected chi connectivity index (χ1v) is 3.96. The Bertz CT molecular complexity index is 325. The van der Waals surface area contributed by atoms with Crippen LogP contribution in [0, 0.1) is 5.82 Å². The molecule has 0 saturated heterocycles. The van der Waals surface area contributed by atoms with E-state index in [1.807, 2.05) is 0 Å². The molecule has 1 aliphatic carbocycles. The largest absolute Gasteiger partial charge is 0.505 e. The lowest BCUT2D eigenvalue weighted by molar-refractivity contribution is 0.422. The molecule has 12 heavy (non-hydrogen) atoms. The van der Waals surface area contributed by atoms with Crippen LogP contribution in [0.15, 0.2) is 12.1 Å². The molecule has 0 spiro atoms. The lowest BCUT2D eigenvalue weighted by Gasteiger charge is -2.07. The number of hydrogen-bond donors (Lipinski definition) is 2. The zero-order valence-corrected chi connectivity index (χ0v) is 6.55. The SMILES string of the molecule is NC1CCc2ccc(F)c(O)c21. The van der Waals surface area contributed by atoms with Crippen molar-refractivity contribution < 1.29 is 9.50 Å². The molecule has 1 aliphatic rings. The number of hydrogen-bond acceptors (Lipinski definition) is 2. The third kappa shape index (κ3) is 0.898. The molecule has 2 nitrogen and oxygen atoms in total. The van der Waals surface area contributed by atoms with E-state index in [1.165, 1.54) is 6.07 Å². The van der Waals surface area contributed by atoms with E-state index in [-0.39, 0.29) is 11.8 Å². The fourth-order valence-corrected chi connectivity index (χ4v) is 1.71. The summed E-state index contributed by atoms with van der Waals surface area (Å²) in [7, 11) is 0. The third-order valence-electron chi connectivity index (χ3n) is 2.35. The van der Waals surface area contributed by atoms with E-state index < -0.39 is 5.82 Å². The highest BCUT2D eigenvalue weighted by molar-refractivity contribution is 5.45. The van der Waals surface area contributed by atoms with Gasteiger partial charge in [-0.1, -0.05) is 6.07 Å². The van der Waals surface area contributed by atoms with Crippen molar-refractivity contribution in [2.24, 2.45) is 5.73 Å². The van der Waals surface area contributed by atoms with Gasteiger partial charge in [-0.15, -0.1) is 0 Å². The fourth-order valence-electron chi connectivity index (χ4n) is 1.71. The molecule has 1 aromatic carbocycles. The second-order valence-corrected chi connectivity index (χ2v) is 3.11. The minimum atomic E-state index is -0.578. The molecule has 0 fully saturated rings. The maximum atomic E-state index is 12.8. The zero-order chi connectivity index (χ0) is 8.72. The predicted octanol–water partition coefficient (Wildman–Crippen LogP) is 1.48. The molecule has 0 saturated carbocycles. The van der Waals surface area contributed by atoms with Gasteiger partial charge in [0.2, 0.25) is 0 Å². The van der Waals surface area contributed by atoms with Crippen LogP contribution in [0.25, 0.3) is 0 Å². The van der Waals surface area contributed by atoms with Crippen LogP contribution in [0.1, 0.15) is 23.6 Å². The van der Waals surface area contributed by atoms with Gasteiger partial charge in [-0.05, 0) is 24.5 Å². The number of phenols is 1. The highest BCUT2D eigenvalue weighted by atomic mass is 19.1. The van der Waals surface area contributed by atoms with Crippen molar-refractivity contribution >= 4 is 0 Å². The van der Waals surface area contributed by atoms with Crippen molar-refractivity contribution in [3.63, 3.8) is 0 Å². The minimum absolute atomic E-state index is 0.198. The molecule has 1 atom stereocenters. The quantitative estimate of drug-likeness (QED) is 0.614. The number of halogens is 1. The molecular weight excluding hydrogens is 157 g/mol. The number of benzene rings is 1. The van der Waals surface area contributed by atoms with Crippen LogP contribution < -0.4 is 5.73 Å². The summed E-state index contributed by atoms with van der Waals surface area (Å²) in [6.45, 7) is 0. The first kappa shape index (κ1) is 7.55. The normalized spacial score (nSPS) is 21.0. The summed E-state index contributed by atoms with van der Waals surface area (Å²) in [6.07, 6.45) is 1.64. The first-order chi connectivity index (χ1) is 5.70. The van der Waals surface area contributed by atoms with E-state index in [2.05, 4.69) is 0 Å². The van der Waals surface area contributed by atoms with Gasteiger partial charge < -0.3 is 10.8 Å². The van der Waals surface area contributed by atoms with E-state index in [1.54, 1.807) is 6.07 Å². The van der Waals surface area contributed by atoms with E-state index in [0.717, 1.165) is 18.4 Å². The van der Waals surface area contributed by atoms with Crippen LogP contribution in [0.3, 0.4) is 0 Å². The zero-order valence-electron chi connectivity index (χ0n) is 6.55. The van der Waals surface area contributed by atoms with Gasteiger partial charge in [-0.3, -0.25) is 0 Å². The molecule has 0 radical (unpaired) electrons. The summed E-state index contributed by atoms with van der Waals surface area (Å²) in [4.78, 5) is 0. The van der Waals surface area contributed by atoms with Crippen molar-refractivity contribution in [2.45, 2.75) is 18.9 Å². The maximum absolute atomic E-state index is 12.8. The van der Waals surface area contributed by atoms with Crippen molar-refractivity contribution in [3.05, 3.63) is 29.1 Å². The molecule has 0 aliphatic heterocycles. The van der Waals surface area contributed by atoms with Crippen molar-refractivity contribution in [2.75, 3.05) is 0 Å². The minimum Gasteiger partial charge on any atom is -0.505 e. The number of rotatable bonds is 0. The Morgan fingerprint density at radius 3 is 3.00 bits per heavy atom. The average Bonchev–Trinajstić information content (AvgIpc) is 2.41. The molecule has 1 unspecified atom stereocenters. The molecule has 1 aromatic rings. The van der Waals surface area contributed by atoms with E-state index in [9.17, 15) is 9.50 Å². The second-order valence-electron chi connectivity index (χ2n) is 3.11. The Morgan fingerprint density at radius 2 is 2.25 bits per heavy atom. The van der Waals surface area contributed by atoms with Gasteiger partial charge in [-0.2, -0.15) is 0 Å². The van der Waals surface area contributed by atoms with Crippen molar-refractivity contribution in [3.8, 4) is 5.75 Å². The van der Waals surface area contributed by atoms with Crippen LogP contribution in [-0.4, -0.2) is 5.11 Å². The van der Waals surface area contributed by atoms with Gasteiger partial charge in [0, 0.05) is 11.6 Å². The number of aromatic hydroxyl groups is 1. The monoisotopic (exact) mass is 167 g/mol. The number of aryl methyl sites for hydroxylation is 1. The van der Waals surface area contributed by atoms with Crippen LogP contribution in [-0.2, 0) is 6.42 Å². The first-order valence-electron chi connectivity index (χ1n) is 3.96. The van der Waals surface area contributed by atoms with Gasteiger partial charge in [0.05, 0.1) is 0 Å². The van der Waals surface area contributed by atoms with Gasteiger partial charge in [0.15, 0.2) is 11.6 Å². The summed E-state index contributed by atoms with van der Waals surface area (Å²) in [6, 6.07) is 2.78. The van der Waals surface area contributed by atoms with Crippen LogP contribution in [0.2, 0.25) is 0 Å². The standard InChI is InChI=1S/C9H10FNO/c10-6-3-1-5-2-4-7(11)8(5)9(6)12/h1,3,7,12H,2,4,11H2. The van der Waals surface area contributed by atoms with Gasteiger partial charge in [-0.25, -0.2) is 4.39 Å². The molecule has 3 heteroatoms. The summed E-state index contributed by atoms with van der Waals surface area (Å²) < 4.78 is 12.8. The van der Waals surface area contributed by atoms with E-state index in [4.69, 9.17) is 5.73 Å². The summed E-state index contributed by atoms with van der Waals surface area (Å²) in [5.74, 6) is -0.844. The van der Waals surface area contributed by atoms with E-state index >= 15 is 0 Å². The fraction of sp³-hybridized carbons (Fsp3) is 0.333. The van der Waals surface area contributed by atoms with Crippen molar-refractivity contribution in [1.82, 2.24) is 0 Å². The highest BCUT2D eigenvalue weighted by Gasteiger charge is 2.24. The van der Waals surface area contributed by atoms with Gasteiger partial charge in [0.1, 0.15) is 0 Å². The Labute approximate surface area is 69.8 Å². The Hall–Kier alpha value is -1.09. The maximum Gasteiger partial charge on any atom is 0.165 e. The van der Waals surface area contributed by atoms with Gasteiger partial charge in [0.25, 0.3) is 0 Å². The Kier molecular flexibility index (Phi) is 1.54. The molecule has 0 bridgehead atoms. The topological polar surface area (TPSA) is 46.2 Å². The molecule has 64 valence electrons. The summed E-state index contributed by atoms with van der Waals surface area (Å²) in [5, 5.41) is 9.33. The highest BCUT2D eigenvalue weighted by Crippen LogP contribution is 2.37. The third-order valence-corrected chi connectivity index (χ3v) is 2.35. The number of fused-ring (bicyclic) bond motifs is 1. The number of phenolic OH excluding ortho intramolecular Hbond substituents is 1. The van der Waals surface area contributed by atoms with Crippen LogP contribution in [0.4, 0.5) is 4.39 Å². The predicted molar refractivity (Wildman–Crippen MR) is 43.3 cm³/mol. The van der Waals surface area contributed by atoms with Crippen LogP contribution in [0.5, 0.6) is 5.75 Å². The van der Waals surface area contributed by atoms with Crippen LogP contribution >= 0.6 is 0 Å². The molecule has 0 heterocycles. The lowest BCUT2D eigenvalue weighted by Crippen LogP contribution is -2.05. The number of nitrogens with two attached hydrogens (primary N) is 1. The smallest absolute Gasteiger partial charge is 0.165 e. The Morgan fingerprint density at radius 1 is 1.50 bits per heavy atom. The molecule has 0 aromatic heterocycles. The molecule has 0 amide bonds. The molecule has 3 N–H and O–H groups in total. The molecular formula is C9H10FNO. The van der Waals surface area contributed by atoms with Crippen molar-refractivity contribution in [1.29, 1.82) is 0 Å². The summed E-state index contributed by atoms with van der Waals surface area (Å²) in [5.41, 5.74) is 7.26. The van der Waals surface area contributed by atoms with Gasteiger partial charge >= 0.3 is 0 Å².